The maximum Gasteiger partial charge on any atom is 0.337 e. The quantitative estimate of drug-likeness (QED) is 0.551. The van der Waals surface area contributed by atoms with Gasteiger partial charge < -0.3 is 10.1 Å². The van der Waals surface area contributed by atoms with Crippen molar-refractivity contribution in [2.24, 2.45) is 4.99 Å². The van der Waals surface area contributed by atoms with Crippen molar-refractivity contribution in [2.75, 3.05) is 12.4 Å². The van der Waals surface area contributed by atoms with Crippen LogP contribution in [0, 0.1) is 0 Å². The van der Waals surface area contributed by atoms with Crippen molar-refractivity contribution < 1.29 is 14.3 Å². The van der Waals surface area contributed by atoms with Gasteiger partial charge in [-0.2, -0.15) is 5.10 Å². The summed E-state index contributed by atoms with van der Waals surface area (Å²) in [6, 6.07) is 16.3. The van der Waals surface area contributed by atoms with Gasteiger partial charge in [0.15, 0.2) is 5.82 Å². The minimum absolute atomic E-state index is 0.103. The predicted molar refractivity (Wildman–Crippen MR) is 101 cm³/mol. The molecule has 0 saturated heterocycles. The van der Waals surface area contributed by atoms with E-state index in [1.807, 2.05) is 24.3 Å². The van der Waals surface area contributed by atoms with Crippen molar-refractivity contribution in [1.82, 2.24) is 10.2 Å². The van der Waals surface area contributed by atoms with Gasteiger partial charge in [0.2, 0.25) is 5.91 Å². The van der Waals surface area contributed by atoms with Crippen molar-refractivity contribution in [3.05, 3.63) is 65.7 Å². The molecule has 7 nitrogen and oxygen atoms in total. The number of aromatic amines is 1. The van der Waals surface area contributed by atoms with Crippen LogP contribution >= 0.6 is 0 Å². The van der Waals surface area contributed by atoms with Gasteiger partial charge in [-0.3, -0.25) is 9.89 Å². The number of hydrogen-bond donors (Lipinski definition) is 2. The molecule has 3 aromatic rings. The Morgan fingerprint density at radius 2 is 1.96 bits per heavy atom. The second kappa shape index (κ2) is 6.87. The van der Waals surface area contributed by atoms with E-state index in [0.29, 0.717) is 11.4 Å². The van der Waals surface area contributed by atoms with E-state index in [4.69, 9.17) is 0 Å². The number of H-pyrrole nitrogens is 1. The van der Waals surface area contributed by atoms with Crippen LogP contribution in [-0.4, -0.2) is 35.4 Å². The minimum Gasteiger partial charge on any atom is -0.465 e. The number of para-hydroxylation sites is 1. The van der Waals surface area contributed by atoms with Crippen molar-refractivity contribution in [2.45, 2.75) is 5.92 Å². The zero-order valence-corrected chi connectivity index (χ0v) is 14.5. The second-order valence-corrected chi connectivity index (χ2v) is 6.04. The molecule has 1 atom stereocenters. The smallest absolute Gasteiger partial charge is 0.337 e. The number of methoxy groups -OCH3 is 1. The molecule has 1 amide bonds. The van der Waals surface area contributed by atoms with E-state index in [9.17, 15) is 9.59 Å². The largest absolute Gasteiger partial charge is 0.465 e. The Hall–Kier alpha value is -3.74. The summed E-state index contributed by atoms with van der Waals surface area (Å²) < 4.78 is 4.69. The maximum absolute atomic E-state index is 12.1. The highest BCUT2D eigenvalue weighted by Crippen LogP contribution is 2.31. The van der Waals surface area contributed by atoms with Crippen LogP contribution < -0.4 is 5.32 Å². The Balaban J connectivity index is 1.52. The summed E-state index contributed by atoms with van der Waals surface area (Å²) in [5, 5.41) is 9.91. The molecule has 2 N–H and O–H groups in total. The van der Waals surface area contributed by atoms with E-state index in [1.54, 1.807) is 36.5 Å². The Bertz CT molecular complexity index is 1040. The van der Waals surface area contributed by atoms with Gasteiger partial charge in [0, 0.05) is 18.0 Å². The van der Waals surface area contributed by atoms with E-state index in [2.05, 4.69) is 25.2 Å². The average Bonchev–Trinajstić information content (AvgIpc) is 3.29. The SMILES string of the molecule is COC(=O)c1ccc(-c2cc(N=CC3C(=O)Nc4ccccc43)n[nH]2)cc1. The summed E-state index contributed by atoms with van der Waals surface area (Å²) in [6.45, 7) is 0. The van der Waals surface area contributed by atoms with Gasteiger partial charge in [0.25, 0.3) is 0 Å². The molecule has 0 radical (unpaired) electrons. The van der Waals surface area contributed by atoms with E-state index in [0.717, 1.165) is 22.5 Å². The molecule has 134 valence electrons. The summed E-state index contributed by atoms with van der Waals surface area (Å²) in [7, 11) is 1.35. The molecule has 0 saturated carbocycles. The zero-order chi connectivity index (χ0) is 18.8. The number of amides is 1. The fraction of sp³-hybridized carbons (Fsp3) is 0.100. The van der Waals surface area contributed by atoms with Gasteiger partial charge in [-0.15, -0.1) is 0 Å². The van der Waals surface area contributed by atoms with E-state index in [1.165, 1.54) is 7.11 Å². The fourth-order valence-corrected chi connectivity index (χ4v) is 2.96. The lowest BCUT2D eigenvalue weighted by molar-refractivity contribution is -0.115. The van der Waals surface area contributed by atoms with Crippen LogP contribution in [0.25, 0.3) is 11.3 Å². The molecule has 0 spiro atoms. The molecule has 1 unspecified atom stereocenters. The Morgan fingerprint density at radius 3 is 2.74 bits per heavy atom. The van der Waals surface area contributed by atoms with E-state index >= 15 is 0 Å². The number of fused-ring (bicyclic) bond motifs is 1. The van der Waals surface area contributed by atoms with Crippen molar-refractivity contribution in [1.29, 1.82) is 0 Å². The van der Waals surface area contributed by atoms with Crippen molar-refractivity contribution in [3.8, 4) is 11.3 Å². The topological polar surface area (TPSA) is 96.4 Å². The standard InChI is InChI=1S/C20H16N4O3/c1-27-20(26)13-8-6-12(7-9-13)17-10-18(24-23-17)21-11-15-14-4-2-3-5-16(14)22-19(15)25/h2-11,15H,1H3,(H,22,25)(H,23,24). The molecule has 0 fully saturated rings. The molecule has 1 aromatic heterocycles. The number of hydrogen-bond acceptors (Lipinski definition) is 5. The molecular weight excluding hydrogens is 344 g/mol. The number of benzene rings is 2. The fourth-order valence-electron chi connectivity index (χ4n) is 2.96. The van der Waals surface area contributed by atoms with Crippen LogP contribution in [0.2, 0.25) is 0 Å². The molecule has 2 heterocycles. The molecule has 7 heteroatoms. The molecule has 0 bridgehead atoms. The van der Waals surface area contributed by atoms with Gasteiger partial charge in [-0.1, -0.05) is 30.3 Å². The number of nitrogens with zero attached hydrogens (tertiary/aromatic N) is 2. The highest BCUT2D eigenvalue weighted by Gasteiger charge is 2.28. The summed E-state index contributed by atoms with van der Waals surface area (Å²) in [5.74, 6) is -0.444. The van der Waals surface area contributed by atoms with Crippen LogP contribution in [0.1, 0.15) is 21.8 Å². The van der Waals surface area contributed by atoms with Gasteiger partial charge in [-0.05, 0) is 29.3 Å². The highest BCUT2D eigenvalue weighted by atomic mass is 16.5. The number of anilines is 1. The third-order valence-corrected chi connectivity index (χ3v) is 4.37. The Morgan fingerprint density at radius 1 is 1.19 bits per heavy atom. The minimum atomic E-state index is -0.430. The number of aromatic nitrogens is 2. The Kier molecular flexibility index (Phi) is 4.25. The monoisotopic (exact) mass is 360 g/mol. The number of aliphatic imine (C=N–C) groups is 1. The number of rotatable bonds is 4. The lowest BCUT2D eigenvalue weighted by atomic mass is 10.0. The lowest BCUT2D eigenvalue weighted by Crippen LogP contribution is -2.12. The molecule has 1 aliphatic rings. The molecular formula is C20H16N4O3. The van der Waals surface area contributed by atoms with Gasteiger partial charge in [0.1, 0.15) is 5.92 Å². The first-order chi connectivity index (χ1) is 13.2. The first-order valence-corrected chi connectivity index (χ1v) is 8.34. The van der Waals surface area contributed by atoms with Crippen LogP contribution in [0.5, 0.6) is 0 Å². The second-order valence-electron chi connectivity index (χ2n) is 6.04. The molecule has 2 aromatic carbocycles. The molecule has 0 aliphatic carbocycles. The van der Waals surface area contributed by atoms with Crippen molar-refractivity contribution >= 4 is 29.6 Å². The highest BCUT2D eigenvalue weighted by molar-refractivity contribution is 6.12. The van der Waals surface area contributed by atoms with Crippen LogP contribution in [0.3, 0.4) is 0 Å². The first-order valence-electron chi connectivity index (χ1n) is 8.34. The normalized spacial score (nSPS) is 15.6. The molecule has 1 aliphatic heterocycles. The summed E-state index contributed by atoms with van der Waals surface area (Å²) >= 11 is 0. The zero-order valence-electron chi connectivity index (χ0n) is 14.5. The summed E-state index contributed by atoms with van der Waals surface area (Å²) in [6.07, 6.45) is 1.60. The van der Waals surface area contributed by atoms with Crippen molar-refractivity contribution in [3.63, 3.8) is 0 Å². The average molecular weight is 360 g/mol. The molecule has 4 rings (SSSR count). The lowest BCUT2D eigenvalue weighted by Gasteiger charge is -2.00. The number of esters is 1. The van der Waals surface area contributed by atoms with Crippen LogP contribution in [-0.2, 0) is 9.53 Å². The number of ether oxygens (including phenoxy) is 1. The number of carbonyl (C=O) groups is 2. The number of nitrogens with one attached hydrogen (secondary N) is 2. The Labute approximate surface area is 155 Å². The van der Waals surface area contributed by atoms with Gasteiger partial charge >= 0.3 is 5.97 Å². The third kappa shape index (κ3) is 3.22. The van der Waals surface area contributed by atoms with Crippen LogP contribution in [0.15, 0.2) is 59.6 Å². The summed E-state index contributed by atoms with van der Waals surface area (Å²) in [5.41, 5.74) is 3.81. The summed E-state index contributed by atoms with van der Waals surface area (Å²) in [4.78, 5) is 28.0. The van der Waals surface area contributed by atoms with E-state index in [-0.39, 0.29) is 11.9 Å². The van der Waals surface area contributed by atoms with E-state index < -0.39 is 5.92 Å². The number of carbonyl (C=O) groups excluding carboxylic acids is 2. The maximum atomic E-state index is 12.1. The van der Waals surface area contributed by atoms with Crippen LogP contribution in [0.4, 0.5) is 11.5 Å². The third-order valence-electron chi connectivity index (χ3n) is 4.37. The first kappa shape index (κ1) is 16.7. The predicted octanol–water partition coefficient (Wildman–Crippen LogP) is 3.30. The van der Waals surface area contributed by atoms with Gasteiger partial charge in [-0.25, -0.2) is 9.79 Å². The van der Waals surface area contributed by atoms with Gasteiger partial charge in [0.05, 0.1) is 18.4 Å². The molecule has 27 heavy (non-hydrogen) atoms.